The van der Waals surface area contributed by atoms with Crippen molar-refractivity contribution in [2.24, 2.45) is 4.99 Å². The number of amides is 5. The Hall–Kier alpha value is -8.41. The average molecular weight is 978 g/mol. The second kappa shape index (κ2) is 20.9. The number of aliphatic imine (C=N–C) groups is 1. The van der Waals surface area contributed by atoms with E-state index in [1.54, 1.807) is 47.5 Å². The van der Waals surface area contributed by atoms with Crippen LogP contribution in [-0.4, -0.2) is 91.8 Å². The first-order valence-corrected chi connectivity index (χ1v) is 23.8. The minimum atomic E-state index is -1.04. The number of ether oxygens (including phenoxy) is 4. The van der Waals surface area contributed by atoms with Crippen molar-refractivity contribution in [2.45, 2.75) is 89.8 Å². The maximum Gasteiger partial charge on any atom is 0.303 e. The Morgan fingerprint density at radius 3 is 1.99 bits per heavy atom. The number of carboxylic acid groups (broad SMARTS) is 1. The Morgan fingerprint density at radius 1 is 0.708 bits per heavy atom. The summed E-state index contributed by atoms with van der Waals surface area (Å²) in [5, 5.41) is 20.4. The molecule has 0 bridgehead atoms. The molecule has 4 heterocycles. The van der Waals surface area contributed by atoms with E-state index in [1.807, 2.05) is 59.5 Å². The normalized spacial score (nSPS) is 16.7. The lowest BCUT2D eigenvalue weighted by Gasteiger charge is -2.22. The summed E-state index contributed by atoms with van der Waals surface area (Å²) >= 11 is 0. The molecule has 9 rings (SSSR count). The van der Waals surface area contributed by atoms with Gasteiger partial charge in [-0.25, -0.2) is 0 Å². The van der Waals surface area contributed by atoms with Gasteiger partial charge in [0.1, 0.15) is 25.3 Å². The highest BCUT2D eigenvalue weighted by molar-refractivity contribution is 6.15. The van der Waals surface area contributed by atoms with Crippen LogP contribution in [0.4, 0.5) is 28.4 Å². The minimum Gasteiger partial charge on any atom is -0.493 e. The highest BCUT2D eigenvalue weighted by Gasteiger charge is 2.39. The number of nitrogens with zero attached hydrogens (tertiary/aromatic N) is 3. The zero-order valence-corrected chi connectivity index (χ0v) is 40.3. The van der Waals surface area contributed by atoms with Crippen LogP contribution in [0.3, 0.4) is 0 Å². The van der Waals surface area contributed by atoms with Crippen LogP contribution in [0.15, 0.2) is 96.0 Å². The van der Waals surface area contributed by atoms with E-state index >= 15 is 0 Å². The molecule has 0 aliphatic carbocycles. The molecule has 0 aromatic heterocycles. The fourth-order valence-corrected chi connectivity index (χ4v) is 9.52. The summed E-state index contributed by atoms with van der Waals surface area (Å²) in [5.41, 5.74) is 7.34. The van der Waals surface area contributed by atoms with Crippen molar-refractivity contribution in [3.8, 4) is 23.0 Å². The molecular formula is C54H55N7O11. The van der Waals surface area contributed by atoms with Crippen LogP contribution < -0.4 is 50.0 Å². The quantitative estimate of drug-likeness (QED) is 0.0576. The molecule has 5 amide bonds. The van der Waals surface area contributed by atoms with Gasteiger partial charge < -0.3 is 50.2 Å². The zero-order valence-electron chi connectivity index (χ0n) is 40.3. The summed E-state index contributed by atoms with van der Waals surface area (Å²) in [7, 11) is 2.99. The maximum atomic E-state index is 14.1. The van der Waals surface area contributed by atoms with Gasteiger partial charge in [0.15, 0.2) is 23.0 Å². The van der Waals surface area contributed by atoms with Crippen molar-refractivity contribution in [1.82, 2.24) is 10.6 Å². The largest absolute Gasteiger partial charge is 0.493 e. The maximum absolute atomic E-state index is 14.1. The number of para-hydroxylation sites is 2. The molecule has 0 saturated heterocycles. The monoisotopic (exact) mass is 977 g/mol. The number of carbonyl (C=O) groups is 6. The molecule has 5 aromatic rings. The summed E-state index contributed by atoms with van der Waals surface area (Å²) in [5.74, 6) is -1.49. The molecule has 0 spiro atoms. The van der Waals surface area contributed by atoms with E-state index < -0.39 is 35.8 Å². The second-order valence-electron chi connectivity index (χ2n) is 18.2. The van der Waals surface area contributed by atoms with E-state index in [-0.39, 0.29) is 50.0 Å². The third kappa shape index (κ3) is 10.2. The van der Waals surface area contributed by atoms with E-state index in [0.29, 0.717) is 88.1 Å². The summed E-state index contributed by atoms with van der Waals surface area (Å²) in [6.45, 7) is 3.49. The molecule has 0 saturated carbocycles. The SMILES string of the molecule is COc1cc2c(cc1OCc1cc(COc3cc4c(cc3OC)C(=O)N3c5ccccc5C[C@H]3CN4)cc(NC(=O)[C@H](C)NC(=O)[C@H](C)NC(=O)CCCCC(=O)O)c1)N=C[C@@H]1Cc3ccccc3N1C2=O. The Kier molecular flexibility index (Phi) is 14.1. The van der Waals surface area contributed by atoms with Gasteiger partial charge in [-0.15, -0.1) is 0 Å². The number of fused-ring (bicyclic) bond motifs is 8. The number of benzene rings is 5. The third-order valence-corrected chi connectivity index (χ3v) is 13.2. The first-order valence-electron chi connectivity index (χ1n) is 23.8. The van der Waals surface area contributed by atoms with Crippen LogP contribution in [0.2, 0.25) is 0 Å². The van der Waals surface area contributed by atoms with Gasteiger partial charge in [-0.3, -0.25) is 38.7 Å². The molecule has 72 heavy (non-hydrogen) atoms. The smallest absolute Gasteiger partial charge is 0.303 e. The number of carbonyl (C=O) groups excluding carboxylic acids is 5. The van der Waals surface area contributed by atoms with Crippen molar-refractivity contribution in [2.75, 3.05) is 41.2 Å². The predicted octanol–water partition coefficient (Wildman–Crippen LogP) is 6.74. The van der Waals surface area contributed by atoms with Crippen LogP contribution in [-0.2, 0) is 45.2 Å². The van der Waals surface area contributed by atoms with E-state index in [4.69, 9.17) is 29.0 Å². The molecule has 372 valence electrons. The number of rotatable bonds is 18. The third-order valence-electron chi connectivity index (χ3n) is 13.2. The lowest BCUT2D eigenvalue weighted by Crippen LogP contribution is -2.50. The summed E-state index contributed by atoms with van der Waals surface area (Å²) < 4.78 is 24.3. The Labute approximate surface area is 415 Å². The number of hydrogen-bond donors (Lipinski definition) is 5. The van der Waals surface area contributed by atoms with Crippen molar-refractivity contribution < 1.29 is 52.8 Å². The number of methoxy groups -OCH3 is 2. The lowest BCUT2D eigenvalue weighted by molar-refractivity contribution is -0.137. The van der Waals surface area contributed by atoms with Crippen LogP contribution >= 0.6 is 0 Å². The van der Waals surface area contributed by atoms with Gasteiger partial charge in [0.25, 0.3) is 11.8 Å². The average Bonchev–Trinajstić information content (AvgIpc) is 3.86. The van der Waals surface area contributed by atoms with Crippen LogP contribution in [0.5, 0.6) is 23.0 Å². The molecule has 5 N–H and O–H groups in total. The molecular weight excluding hydrogens is 923 g/mol. The molecule has 18 nitrogen and oxygen atoms in total. The van der Waals surface area contributed by atoms with Crippen molar-refractivity contribution in [1.29, 1.82) is 0 Å². The fraction of sp³-hybridized carbons (Fsp3) is 0.315. The van der Waals surface area contributed by atoms with E-state index in [9.17, 15) is 28.8 Å². The van der Waals surface area contributed by atoms with Crippen molar-refractivity contribution >= 4 is 70.2 Å². The molecule has 18 heteroatoms. The molecule has 0 unspecified atom stereocenters. The topological polar surface area (TPSA) is 227 Å². The number of carboxylic acids is 1. The molecule has 5 aromatic carbocycles. The number of aliphatic carboxylic acids is 1. The van der Waals surface area contributed by atoms with Gasteiger partial charge in [-0.1, -0.05) is 36.4 Å². The van der Waals surface area contributed by atoms with Gasteiger partial charge in [0.2, 0.25) is 17.7 Å². The minimum absolute atomic E-state index is 0.0124. The molecule has 0 fully saturated rings. The summed E-state index contributed by atoms with van der Waals surface area (Å²) in [6, 6.07) is 25.4. The number of hydrogen-bond acceptors (Lipinski definition) is 12. The van der Waals surface area contributed by atoms with E-state index in [0.717, 1.165) is 28.9 Å². The Bertz CT molecular complexity index is 3010. The highest BCUT2D eigenvalue weighted by atomic mass is 16.5. The Balaban J connectivity index is 0.939. The zero-order chi connectivity index (χ0) is 50.6. The summed E-state index contributed by atoms with van der Waals surface area (Å²) in [6.07, 6.45) is 3.82. The fourth-order valence-electron chi connectivity index (χ4n) is 9.52. The van der Waals surface area contributed by atoms with Gasteiger partial charge in [-0.2, -0.15) is 0 Å². The van der Waals surface area contributed by atoms with Gasteiger partial charge in [-0.05, 0) is 97.8 Å². The number of anilines is 4. The molecule has 4 aliphatic rings. The van der Waals surface area contributed by atoms with Crippen LogP contribution in [0, 0.1) is 0 Å². The summed E-state index contributed by atoms with van der Waals surface area (Å²) in [4.78, 5) is 86.5. The molecule has 0 radical (unpaired) electrons. The van der Waals surface area contributed by atoms with Crippen molar-refractivity contribution in [3.63, 3.8) is 0 Å². The van der Waals surface area contributed by atoms with Gasteiger partial charge in [0, 0.05) is 61.2 Å². The number of unbranched alkanes of at least 4 members (excludes halogenated alkanes) is 1. The lowest BCUT2D eigenvalue weighted by atomic mass is 10.1. The predicted molar refractivity (Wildman–Crippen MR) is 269 cm³/mol. The highest BCUT2D eigenvalue weighted by Crippen LogP contribution is 2.43. The van der Waals surface area contributed by atoms with E-state index in [1.165, 1.54) is 28.1 Å². The molecule has 4 atom stereocenters. The van der Waals surface area contributed by atoms with Crippen LogP contribution in [0.25, 0.3) is 0 Å². The first-order chi connectivity index (χ1) is 34.8. The molecule has 4 aliphatic heterocycles. The standard InChI is InChI=1S/C54H55N7O11/c1-30(57-49(62)15-9-10-16-50(63)64)51(65)58-31(2)52(66)59-36-18-32(28-71-47-24-41-39(22-45(47)69-3)53(67)60-37(26-55-41)20-34-11-5-7-13-43(34)60)17-33(19-36)29-72-48-25-42-40(23-46(48)70-4)54(68)61-38(27-56-42)21-35-12-6-8-14-44(35)61/h5-8,11-14,17-19,22-26,30-31,37-38,56H,9-10,15-16,20-21,27-29H2,1-4H3,(H,57,62)(H,58,65)(H,59,66)(H,63,64)/t30-,31-,37-,38-/m0/s1. The van der Waals surface area contributed by atoms with Gasteiger partial charge >= 0.3 is 5.97 Å². The second-order valence-corrected chi connectivity index (χ2v) is 18.2. The van der Waals surface area contributed by atoms with Gasteiger partial charge in [0.05, 0.1) is 48.8 Å². The number of nitrogens with one attached hydrogen (secondary N) is 4. The first kappa shape index (κ1) is 48.6. The van der Waals surface area contributed by atoms with E-state index in [2.05, 4.69) is 21.3 Å². The Morgan fingerprint density at radius 2 is 1.31 bits per heavy atom. The van der Waals surface area contributed by atoms with Crippen LogP contribution in [0.1, 0.15) is 82.5 Å². The van der Waals surface area contributed by atoms with Crippen molar-refractivity contribution in [3.05, 3.63) is 124 Å².